The summed E-state index contributed by atoms with van der Waals surface area (Å²) in [5, 5.41) is 55.9. The Bertz CT molecular complexity index is 5500. The molecule has 7 heterocycles. The molecule has 35 nitrogen and oxygen atoms in total. The highest BCUT2D eigenvalue weighted by Crippen LogP contribution is 2.39. The third kappa shape index (κ3) is 22.4. The van der Waals surface area contributed by atoms with E-state index in [1.54, 1.807) is 36.4 Å². The van der Waals surface area contributed by atoms with Crippen LogP contribution in [0.2, 0.25) is 40.2 Å². The topological polar surface area (TPSA) is 635 Å². The lowest BCUT2D eigenvalue weighted by Gasteiger charge is -2.08. The van der Waals surface area contributed by atoms with E-state index in [2.05, 4.69) is 106 Å². The number of hydrogen-bond donors (Lipinski definition) is 14. The lowest BCUT2D eigenvalue weighted by Crippen LogP contribution is -2.05. The molecule has 0 fully saturated rings. The number of aryl methyl sites for hydroxylation is 5. The standard InChI is InChI=1S/C10H9Cl2N5.3C10H10ClN5.C10H11N5.C9H7Cl2N5.C9H7ClFN5/c1-4-2-5(7(12)6(11)3-4)8-9(13)15-10(14)17-16-8;2*1-5-2-3-7(11)6(4-5)8-9(12)14-10(13)16-15-8;1-5-2-3-6(7(11)4-5)8-9(12)14-10(13)16-15-8;1-6-4-2-3-5-7(6)8-9(11)13-10(12)15-14-8;10-5-3-1-2-4(6(5)11)7-8(12)14-9(13)16-15-7;10-4-2-1-3-5(11)6(4)7-8(12)14-9(13)16-15-7/h2-3H,1H3,(H4,13,14,15,17);3*2-4H,1H3,(H4,12,13,14,16);2-5H,1H3,(H4,11,12,13,15);2*1-3H,(H4,12,13,14,16). The molecule has 0 aliphatic carbocycles. The maximum absolute atomic E-state index is 13.5. The Hall–Kier alpha value is -12.9. The molecule has 0 unspecified atom stereocenters. The molecular weight excluding hydrogens is 1610 g/mol. The minimum atomic E-state index is -0.542. The second kappa shape index (κ2) is 38.4. The Morgan fingerprint density at radius 2 is 0.536 bits per heavy atom. The Morgan fingerprint density at radius 1 is 0.232 bits per heavy atom. The van der Waals surface area contributed by atoms with Gasteiger partial charge in [-0.3, -0.25) is 0 Å². The van der Waals surface area contributed by atoms with E-state index in [0.29, 0.717) is 103 Å². The summed E-state index contributed by atoms with van der Waals surface area (Å²) in [7, 11) is 0. The highest BCUT2D eigenvalue weighted by Gasteiger charge is 2.20. The lowest BCUT2D eigenvalue weighted by molar-refractivity contribution is 0.630. The van der Waals surface area contributed by atoms with Gasteiger partial charge in [0.2, 0.25) is 41.6 Å². The molecule has 0 saturated carbocycles. The van der Waals surface area contributed by atoms with E-state index in [1.165, 1.54) is 18.2 Å². The van der Waals surface area contributed by atoms with Crippen molar-refractivity contribution in [1.82, 2.24) is 106 Å². The van der Waals surface area contributed by atoms with E-state index in [9.17, 15) is 4.39 Å². The second-order valence-electron chi connectivity index (χ2n) is 22.9. The van der Waals surface area contributed by atoms with Crippen molar-refractivity contribution in [3.8, 4) is 78.8 Å². The fourth-order valence-electron chi connectivity index (χ4n) is 9.39. The molecule has 0 saturated heterocycles. The summed E-state index contributed by atoms with van der Waals surface area (Å²) < 4.78 is 13.5. The van der Waals surface area contributed by atoms with Gasteiger partial charge >= 0.3 is 0 Å². The van der Waals surface area contributed by atoms with Gasteiger partial charge in [-0.1, -0.05) is 171 Å². The van der Waals surface area contributed by atoms with Gasteiger partial charge in [-0.25, -0.2) is 4.39 Å². The predicted molar refractivity (Wildman–Crippen MR) is 442 cm³/mol. The van der Waals surface area contributed by atoms with Crippen molar-refractivity contribution >= 4 is 175 Å². The molecule has 14 rings (SSSR count). The minimum absolute atomic E-state index is 0.0133. The molecule has 28 N–H and O–H groups in total. The van der Waals surface area contributed by atoms with Crippen LogP contribution in [0.5, 0.6) is 0 Å². The molecular formula is C68H64Cl8FN35. The number of aromatic nitrogens is 21. The molecule has 0 aliphatic heterocycles. The highest BCUT2D eigenvalue weighted by molar-refractivity contribution is 6.44. The second-order valence-corrected chi connectivity index (χ2v) is 26.1. The van der Waals surface area contributed by atoms with Crippen molar-refractivity contribution in [2.24, 2.45) is 0 Å². The number of halogens is 9. The monoisotopic (exact) mass is 1670 g/mol. The number of rotatable bonds is 7. The number of nitrogens with zero attached hydrogens (tertiary/aromatic N) is 21. The number of benzene rings is 7. The van der Waals surface area contributed by atoms with Crippen LogP contribution in [-0.4, -0.2) is 106 Å². The number of anilines is 14. The van der Waals surface area contributed by atoms with Gasteiger partial charge in [0.15, 0.2) is 40.7 Å². The Labute approximate surface area is 676 Å². The first-order valence-electron chi connectivity index (χ1n) is 31.6. The summed E-state index contributed by atoms with van der Waals surface area (Å²) >= 11 is 48.1. The molecule has 7 aromatic heterocycles. The summed E-state index contributed by atoms with van der Waals surface area (Å²) in [6.45, 7) is 9.72. The molecule has 0 atom stereocenters. The van der Waals surface area contributed by atoms with Crippen LogP contribution in [0.3, 0.4) is 0 Å². The summed E-state index contributed by atoms with van der Waals surface area (Å²) in [4.78, 5) is 26.7. The first kappa shape index (κ1) is 84.7. The van der Waals surface area contributed by atoms with E-state index in [1.807, 2.05) is 107 Å². The average molecular weight is 1670 g/mol. The Kier molecular flexibility index (Phi) is 29.0. The summed E-state index contributed by atoms with van der Waals surface area (Å²) in [5.74, 6) is 0.922. The molecule has 7 aromatic carbocycles. The Morgan fingerprint density at radius 3 is 0.929 bits per heavy atom. The third-order valence-corrected chi connectivity index (χ3v) is 17.4. The van der Waals surface area contributed by atoms with Crippen LogP contribution in [0, 0.1) is 40.4 Å². The zero-order valence-corrected chi connectivity index (χ0v) is 65.0. The normalized spacial score (nSPS) is 10.4. The van der Waals surface area contributed by atoms with Gasteiger partial charge in [0.25, 0.3) is 0 Å². The summed E-state index contributed by atoms with van der Waals surface area (Å²) in [5.41, 5.74) is 89.6. The SMILES string of the molecule is Cc1cc(Cl)c(Cl)c(-c2nnc(N)nc2N)c1.Cc1ccc(-c2nnc(N)nc2N)c(Cl)c1.Cc1ccc(Cl)c(-c2nnc(N)nc2N)c1.Cc1ccc(Cl)c(-c2nnc(N)nc2N)c1.Cc1ccccc1-c1nnc(N)nc1N.Nc1nnc(-c2c(F)cccc2Cl)c(N)n1.Nc1nnc(-c2cccc(Cl)c2Cl)c(N)n1. The molecule has 112 heavy (non-hydrogen) atoms. The van der Waals surface area contributed by atoms with E-state index in [4.69, 9.17) is 173 Å². The predicted octanol–water partition coefficient (Wildman–Crippen LogP) is 11.8. The van der Waals surface area contributed by atoms with Gasteiger partial charge in [0.05, 0.1) is 45.7 Å². The van der Waals surface area contributed by atoms with Crippen LogP contribution in [0.15, 0.2) is 127 Å². The van der Waals surface area contributed by atoms with E-state index in [0.717, 1.165) is 33.4 Å². The molecule has 0 radical (unpaired) electrons. The van der Waals surface area contributed by atoms with Gasteiger partial charge < -0.3 is 80.3 Å². The zero-order valence-electron chi connectivity index (χ0n) is 59.0. The van der Waals surface area contributed by atoms with Crippen LogP contribution < -0.4 is 80.3 Å². The van der Waals surface area contributed by atoms with Crippen LogP contribution in [0.1, 0.15) is 27.8 Å². The van der Waals surface area contributed by atoms with Gasteiger partial charge in [0, 0.05) is 33.4 Å². The van der Waals surface area contributed by atoms with Gasteiger partial charge in [-0.15, -0.1) is 71.4 Å². The van der Waals surface area contributed by atoms with Crippen LogP contribution in [0.25, 0.3) is 78.8 Å². The number of hydrogen-bond acceptors (Lipinski definition) is 35. The number of nitrogen functional groups attached to an aromatic ring is 14. The molecule has 0 bridgehead atoms. The lowest BCUT2D eigenvalue weighted by atomic mass is 10.1. The van der Waals surface area contributed by atoms with Gasteiger partial charge in [-0.05, 0) is 112 Å². The molecule has 0 amide bonds. The smallest absolute Gasteiger partial charge is 0.242 e. The highest BCUT2D eigenvalue weighted by atomic mass is 35.5. The van der Waals surface area contributed by atoms with Crippen molar-refractivity contribution in [3.63, 3.8) is 0 Å². The van der Waals surface area contributed by atoms with Crippen molar-refractivity contribution < 1.29 is 4.39 Å². The van der Waals surface area contributed by atoms with E-state index < -0.39 is 5.82 Å². The van der Waals surface area contributed by atoms with E-state index >= 15 is 0 Å². The zero-order chi connectivity index (χ0) is 81.9. The quantitative estimate of drug-likeness (QED) is 0.0705. The Balaban J connectivity index is 0.000000164. The first-order valence-corrected chi connectivity index (χ1v) is 34.6. The molecule has 0 aliphatic rings. The fraction of sp³-hybridized carbons (Fsp3) is 0.0735. The van der Waals surface area contributed by atoms with Crippen molar-refractivity contribution in [1.29, 1.82) is 0 Å². The van der Waals surface area contributed by atoms with Gasteiger partial charge in [0.1, 0.15) is 45.7 Å². The average Bonchev–Trinajstić information content (AvgIpc) is 0.839. The number of nitrogens with two attached hydrogens (primary N) is 14. The van der Waals surface area contributed by atoms with Crippen LogP contribution >= 0.6 is 92.8 Å². The first-order chi connectivity index (χ1) is 53.1. The van der Waals surface area contributed by atoms with Crippen molar-refractivity contribution in [3.05, 3.63) is 201 Å². The largest absolute Gasteiger partial charge is 0.382 e. The molecule has 14 aromatic rings. The molecule has 574 valence electrons. The summed E-state index contributed by atoms with van der Waals surface area (Å²) in [6.07, 6.45) is 0. The van der Waals surface area contributed by atoms with Crippen LogP contribution in [0.4, 0.5) is 86.8 Å². The maximum atomic E-state index is 13.5. The van der Waals surface area contributed by atoms with Crippen molar-refractivity contribution in [2.45, 2.75) is 34.6 Å². The maximum Gasteiger partial charge on any atom is 0.242 e. The minimum Gasteiger partial charge on any atom is -0.382 e. The molecule has 0 spiro atoms. The molecule has 44 heteroatoms. The van der Waals surface area contributed by atoms with E-state index in [-0.39, 0.29) is 92.8 Å². The van der Waals surface area contributed by atoms with Gasteiger partial charge in [-0.2, -0.15) is 34.9 Å². The van der Waals surface area contributed by atoms with Crippen LogP contribution in [-0.2, 0) is 0 Å². The third-order valence-electron chi connectivity index (χ3n) is 14.5. The van der Waals surface area contributed by atoms with Crippen molar-refractivity contribution in [2.75, 3.05) is 80.3 Å². The fourth-order valence-corrected chi connectivity index (χ4v) is 11.2. The summed E-state index contributed by atoms with van der Waals surface area (Å²) in [6, 6.07) is 37.4.